The molecule has 0 aliphatic rings. The van der Waals surface area contributed by atoms with Gasteiger partial charge in [0, 0.05) is 23.8 Å². The van der Waals surface area contributed by atoms with Gasteiger partial charge in [-0.05, 0) is 70.9 Å². The van der Waals surface area contributed by atoms with E-state index < -0.39 is 34.6 Å². The van der Waals surface area contributed by atoms with Gasteiger partial charge in [0.25, 0.3) is 11.1 Å². The SMILES string of the molecule is CSc1nc(Nc2cccc(C(F)(F)F)c2)c2c(=O)[nH]cc(Br)c2n1.CSc1nc(Nc2cccc(C(F)(F)F)c2)c2c(=O)[nH]ccc2n1. The molecule has 0 amide bonds. The number of anilines is 4. The van der Waals surface area contributed by atoms with Gasteiger partial charge in [0.1, 0.15) is 22.4 Å². The van der Waals surface area contributed by atoms with E-state index in [-0.39, 0.29) is 33.8 Å². The van der Waals surface area contributed by atoms with Gasteiger partial charge in [0.2, 0.25) is 0 Å². The van der Waals surface area contributed by atoms with E-state index in [4.69, 9.17) is 0 Å². The van der Waals surface area contributed by atoms with Crippen LogP contribution in [-0.4, -0.2) is 42.4 Å². The first kappa shape index (κ1) is 35.7. The molecule has 0 aliphatic carbocycles. The number of hydrogen-bond donors (Lipinski definition) is 4. The van der Waals surface area contributed by atoms with E-state index in [1.165, 1.54) is 60.2 Å². The summed E-state index contributed by atoms with van der Waals surface area (Å²) in [7, 11) is 0. The van der Waals surface area contributed by atoms with Crippen LogP contribution >= 0.6 is 39.5 Å². The Morgan fingerprint density at radius 2 is 1.20 bits per heavy atom. The molecular weight excluding hydrogens is 762 g/mol. The van der Waals surface area contributed by atoms with Crippen molar-refractivity contribution in [3.8, 4) is 0 Å². The summed E-state index contributed by atoms with van der Waals surface area (Å²) in [5.41, 5.74) is -1.32. The molecule has 4 aromatic heterocycles. The minimum Gasteiger partial charge on any atom is -0.339 e. The number of halogens is 7. The number of alkyl halides is 6. The Labute approximate surface area is 288 Å². The van der Waals surface area contributed by atoms with Crippen molar-refractivity contribution >= 4 is 84.3 Å². The van der Waals surface area contributed by atoms with E-state index in [0.717, 1.165) is 24.3 Å². The number of fused-ring (bicyclic) bond motifs is 2. The van der Waals surface area contributed by atoms with Crippen LogP contribution in [0.1, 0.15) is 11.1 Å². The molecule has 49 heavy (non-hydrogen) atoms. The Balaban J connectivity index is 0.000000191. The molecule has 0 saturated heterocycles. The highest BCUT2D eigenvalue weighted by atomic mass is 79.9. The van der Waals surface area contributed by atoms with E-state index in [1.807, 2.05) is 0 Å². The molecule has 6 aromatic rings. The molecule has 254 valence electrons. The number of aromatic nitrogens is 6. The monoisotopic (exact) mass is 782 g/mol. The van der Waals surface area contributed by atoms with Gasteiger partial charge >= 0.3 is 12.4 Å². The fourth-order valence-electron chi connectivity index (χ4n) is 4.35. The zero-order valence-corrected chi connectivity index (χ0v) is 28.1. The maximum Gasteiger partial charge on any atom is 0.416 e. The van der Waals surface area contributed by atoms with Crippen LogP contribution in [0.4, 0.5) is 49.4 Å². The van der Waals surface area contributed by atoms with Crippen molar-refractivity contribution in [2.24, 2.45) is 0 Å². The first-order valence-electron chi connectivity index (χ1n) is 13.6. The van der Waals surface area contributed by atoms with Crippen molar-refractivity contribution in [2.45, 2.75) is 22.7 Å². The first-order valence-corrected chi connectivity index (χ1v) is 16.9. The maximum absolute atomic E-state index is 12.9. The molecule has 0 aliphatic heterocycles. The Morgan fingerprint density at radius 1 is 0.694 bits per heavy atom. The smallest absolute Gasteiger partial charge is 0.339 e. The first-order chi connectivity index (χ1) is 23.2. The largest absolute Gasteiger partial charge is 0.416 e. The van der Waals surface area contributed by atoms with E-state index in [1.54, 1.807) is 18.6 Å². The standard InChI is InChI=1S/C15H10BrF3N4OS.C15H11F3N4OS/c1-25-14-22-11-9(16)6-20-13(24)10(11)12(23-14)21-8-4-2-3-7(5-8)15(17,18)19;1-24-14-21-10-5-6-19-13(23)11(10)12(22-14)20-9-4-2-3-8(7-9)15(16,17)18/h2-6H,1H3,(H,20,24)(H,21,22,23);2-7H,1H3,(H,19,23)(H,20,21,22). The predicted molar refractivity (Wildman–Crippen MR) is 181 cm³/mol. The summed E-state index contributed by atoms with van der Waals surface area (Å²) in [5, 5.41) is 6.72. The number of aromatic amines is 2. The number of H-pyrrole nitrogens is 2. The van der Waals surface area contributed by atoms with Crippen molar-refractivity contribution < 1.29 is 26.3 Å². The highest BCUT2D eigenvalue weighted by molar-refractivity contribution is 9.10. The van der Waals surface area contributed by atoms with Gasteiger partial charge in [-0.25, -0.2) is 19.9 Å². The molecule has 2 aromatic carbocycles. The van der Waals surface area contributed by atoms with Crippen molar-refractivity contribution in [1.29, 1.82) is 0 Å². The molecule has 0 unspecified atom stereocenters. The molecule has 6 rings (SSSR count). The van der Waals surface area contributed by atoms with Gasteiger partial charge < -0.3 is 20.6 Å². The van der Waals surface area contributed by atoms with Gasteiger partial charge in [-0.1, -0.05) is 35.7 Å². The number of nitrogens with one attached hydrogen (secondary N) is 4. The highest BCUT2D eigenvalue weighted by Gasteiger charge is 2.31. The van der Waals surface area contributed by atoms with Gasteiger partial charge in [-0.15, -0.1) is 0 Å². The van der Waals surface area contributed by atoms with E-state index >= 15 is 0 Å². The molecular formula is C30H21BrF6N8O2S2. The van der Waals surface area contributed by atoms with Gasteiger partial charge in [-0.2, -0.15) is 26.3 Å². The van der Waals surface area contributed by atoms with Crippen LogP contribution in [0.5, 0.6) is 0 Å². The van der Waals surface area contributed by atoms with Crippen molar-refractivity contribution in [3.63, 3.8) is 0 Å². The molecule has 10 nitrogen and oxygen atoms in total. The summed E-state index contributed by atoms with van der Waals surface area (Å²) >= 11 is 5.83. The summed E-state index contributed by atoms with van der Waals surface area (Å²) in [6.07, 6.45) is -2.48. The number of pyridine rings is 2. The molecule has 19 heteroatoms. The summed E-state index contributed by atoms with van der Waals surface area (Å²) < 4.78 is 77.7. The molecule has 0 spiro atoms. The molecule has 0 bridgehead atoms. The Hall–Kier alpha value is -4.62. The fourth-order valence-corrected chi connectivity index (χ4v) is 5.49. The second-order valence-electron chi connectivity index (χ2n) is 9.78. The quantitative estimate of drug-likeness (QED) is 0.0740. The minimum atomic E-state index is -4.46. The lowest BCUT2D eigenvalue weighted by molar-refractivity contribution is -0.138. The second-order valence-corrected chi connectivity index (χ2v) is 12.2. The average molecular weight is 784 g/mol. The van der Waals surface area contributed by atoms with Crippen LogP contribution < -0.4 is 21.8 Å². The fraction of sp³-hybridized carbons (Fsp3) is 0.133. The third-order valence-corrected chi connectivity index (χ3v) is 8.24. The summed E-state index contributed by atoms with van der Waals surface area (Å²) in [6, 6.07) is 11.0. The Kier molecular flexibility index (Phi) is 10.5. The number of rotatable bonds is 6. The van der Waals surface area contributed by atoms with Crippen LogP contribution in [0.3, 0.4) is 0 Å². The Bertz CT molecular complexity index is 2280. The topological polar surface area (TPSA) is 141 Å². The second kappa shape index (κ2) is 14.5. The van der Waals surface area contributed by atoms with Crippen LogP contribution in [0.15, 0.2) is 91.4 Å². The van der Waals surface area contributed by atoms with Crippen LogP contribution in [-0.2, 0) is 12.4 Å². The van der Waals surface area contributed by atoms with E-state index in [0.29, 0.717) is 25.8 Å². The van der Waals surface area contributed by atoms with Gasteiger partial charge in [-0.3, -0.25) is 9.59 Å². The van der Waals surface area contributed by atoms with Crippen LogP contribution in [0, 0.1) is 0 Å². The average Bonchev–Trinajstić information content (AvgIpc) is 3.06. The minimum absolute atomic E-state index is 0.135. The third-order valence-electron chi connectivity index (χ3n) is 6.54. The lowest BCUT2D eigenvalue weighted by Crippen LogP contribution is -2.11. The third kappa shape index (κ3) is 8.34. The molecule has 0 radical (unpaired) electrons. The Morgan fingerprint density at radius 3 is 1.73 bits per heavy atom. The van der Waals surface area contributed by atoms with E-state index in [2.05, 4.69) is 56.5 Å². The van der Waals surface area contributed by atoms with E-state index in [9.17, 15) is 35.9 Å². The molecule has 0 atom stereocenters. The lowest BCUT2D eigenvalue weighted by Gasteiger charge is -2.12. The van der Waals surface area contributed by atoms with Gasteiger partial charge in [0.15, 0.2) is 10.3 Å². The maximum atomic E-state index is 12.9. The van der Waals surface area contributed by atoms with Crippen LogP contribution in [0.25, 0.3) is 21.8 Å². The van der Waals surface area contributed by atoms with Gasteiger partial charge in [0.05, 0.1) is 26.6 Å². The number of hydrogen-bond acceptors (Lipinski definition) is 10. The summed E-state index contributed by atoms with van der Waals surface area (Å²) in [5.74, 6) is 0.293. The highest BCUT2D eigenvalue weighted by Crippen LogP contribution is 2.34. The number of thioether (sulfide) groups is 2. The van der Waals surface area contributed by atoms with Crippen molar-refractivity contribution in [2.75, 3.05) is 23.1 Å². The molecule has 4 heterocycles. The van der Waals surface area contributed by atoms with Crippen molar-refractivity contribution in [1.82, 2.24) is 29.9 Å². The summed E-state index contributed by atoms with van der Waals surface area (Å²) in [4.78, 5) is 46.2. The molecule has 0 fully saturated rings. The zero-order valence-electron chi connectivity index (χ0n) is 24.9. The lowest BCUT2D eigenvalue weighted by atomic mass is 10.2. The number of nitrogens with zero attached hydrogens (tertiary/aromatic N) is 4. The number of benzene rings is 2. The normalized spacial score (nSPS) is 11.7. The zero-order chi connectivity index (χ0) is 35.5. The predicted octanol–water partition coefficient (Wildman–Crippen LogP) is 8.37. The van der Waals surface area contributed by atoms with Crippen LogP contribution in [0.2, 0.25) is 0 Å². The van der Waals surface area contributed by atoms with Crippen molar-refractivity contribution in [3.05, 3.63) is 103 Å². The molecule has 4 N–H and O–H groups in total. The summed E-state index contributed by atoms with van der Waals surface area (Å²) in [6.45, 7) is 0. The molecule has 0 saturated carbocycles.